The van der Waals surface area contributed by atoms with Crippen molar-refractivity contribution in [3.05, 3.63) is 71.6 Å². The Morgan fingerprint density at radius 1 is 0.897 bits per heavy atom. The van der Waals surface area contributed by atoms with Crippen LogP contribution in [0.3, 0.4) is 0 Å². The fourth-order valence-corrected chi connectivity index (χ4v) is 2.67. The van der Waals surface area contributed by atoms with Crippen molar-refractivity contribution in [3.63, 3.8) is 0 Å². The molecule has 0 saturated heterocycles. The van der Waals surface area contributed by atoms with Gasteiger partial charge < -0.3 is 15.2 Å². The van der Waals surface area contributed by atoms with Crippen molar-refractivity contribution >= 4 is 11.8 Å². The number of rotatable bonds is 6. The third kappa shape index (κ3) is 5.28. The summed E-state index contributed by atoms with van der Waals surface area (Å²) < 4.78 is 5.07. The van der Waals surface area contributed by atoms with Crippen molar-refractivity contribution in [2.75, 3.05) is 13.1 Å². The number of amides is 2. The van der Waals surface area contributed by atoms with Crippen LogP contribution >= 0.6 is 0 Å². The van der Waals surface area contributed by atoms with Crippen LogP contribution in [0.1, 0.15) is 47.4 Å². The summed E-state index contributed by atoms with van der Waals surface area (Å²) in [5.74, 6) is -0.440. The number of carbonyl (C=O) groups is 2. The van der Waals surface area contributed by atoms with Crippen LogP contribution in [-0.2, 0) is 5.41 Å². The molecule has 1 heterocycles. The largest absolute Gasteiger partial charge is 0.350 e. The molecule has 2 amide bonds. The molecule has 0 spiro atoms. The molecule has 0 aliphatic carbocycles. The van der Waals surface area contributed by atoms with E-state index >= 15 is 0 Å². The third-order valence-corrected chi connectivity index (χ3v) is 4.36. The molecular weight excluding hydrogens is 368 g/mol. The van der Waals surface area contributed by atoms with Gasteiger partial charge >= 0.3 is 11.8 Å². The van der Waals surface area contributed by atoms with Crippen LogP contribution in [0.15, 0.2) is 59.1 Å². The lowest BCUT2D eigenvalue weighted by molar-refractivity contribution is 0.0898. The topological polar surface area (TPSA) is 97.1 Å². The first-order chi connectivity index (χ1) is 13.8. The summed E-state index contributed by atoms with van der Waals surface area (Å²) in [6.45, 7) is 6.95. The molecule has 0 bridgehead atoms. The zero-order valence-corrected chi connectivity index (χ0v) is 16.7. The minimum Gasteiger partial charge on any atom is -0.350 e. The molecule has 7 nitrogen and oxygen atoms in total. The second kappa shape index (κ2) is 8.68. The molecule has 0 aliphatic rings. The zero-order valence-electron chi connectivity index (χ0n) is 16.7. The van der Waals surface area contributed by atoms with Crippen LogP contribution in [0.4, 0.5) is 0 Å². The van der Waals surface area contributed by atoms with Gasteiger partial charge in [-0.2, -0.15) is 4.98 Å². The van der Waals surface area contributed by atoms with Crippen molar-refractivity contribution in [2.24, 2.45) is 0 Å². The Balaban J connectivity index is 1.51. The molecule has 1 aromatic heterocycles. The quantitative estimate of drug-likeness (QED) is 0.628. The summed E-state index contributed by atoms with van der Waals surface area (Å²) in [6, 6.07) is 16.7. The van der Waals surface area contributed by atoms with Gasteiger partial charge in [0, 0.05) is 24.2 Å². The van der Waals surface area contributed by atoms with Gasteiger partial charge in [0.05, 0.1) is 0 Å². The standard InChI is InChI=1S/C22H24N4O3/c1-22(2,3)17-11-9-15(10-12-17)18-25-21(29-26-18)20(28)24-14-13-23-19(27)16-7-5-4-6-8-16/h4-12H,13-14H2,1-3H3,(H,23,27)(H,24,28). The number of carbonyl (C=O) groups excluding carboxylic acids is 2. The van der Waals surface area contributed by atoms with Crippen LogP contribution in [0.25, 0.3) is 11.4 Å². The van der Waals surface area contributed by atoms with E-state index in [1.807, 2.05) is 30.3 Å². The summed E-state index contributed by atoms with van der Waals surface area (Å²) in [6.07, 6.45) is 0. The van der Waals surface area contributed by atoms with Crippen LogP contribution in [0.2, 0.25) is 0 Å². The van der Waals surface area contributed by atoms with E-state index in [4.69, 9.17) is 4.52 Å². The Kier molecular flexibility index (Phi) is 6.07. The predicted molar refractivity (Wildman–Crippen MR) is 110 cm³/mol. The molecule has 29 heavy (non-hydrogen) atoms. The van der Waals surface area contributed by atoms with Gasteiger partial charge in [-0.1, -0.05) is 68.4 Å². The highest BCUT2D eigenvalue weighted by Gasteiger charge is 2.17. The van der Waals surface area contributed by atoms with Crippen LogP contribution in [-0.4, -0.2) is 35.0 Å². The van der Waals surface area contributed by atoms with Gasteiger partial charge in [0.15, 0.2) is 0 Å². The van der Waals surface area contributed by atoms with Gasteiger partial charge in [0.2, 0.25) is 5.82 Å². The van der Waals surface area contributed by atoms with Gasteiger partial charge in [-0.3, -0.25) is 9.59 Å². The molecule has 7 heteroatoms. The van der Waals surface area contributed by atoms with E-state index in [1.54, 1.807) is 24.3 Å². The fraction of sp³-hybridized carbons (Fsp3) is 0.273. The molecule has 2 aromatic carbocycles. The SMILES string of the molecule is CC(C)(C)c1ccc(-c2noc(C(=O)NCCNC(=O)c3ccccc3)n2)cc1. The normalized spacial score (nSPS) is 11.1. The van der Waals surface area contributed by atoms with E-state index < -0.39 is 5.91 Å². The minimum atomic E-state index is -0.482. The van der Waals surface area contributed by atoms with Crippen molar-refractivity contribution in [1.29, 1.82) is 0 Å². The molecule has 150 valence electrons. The molecule has 0 aliphatic heterocycles. The summed E-state index contributed by atoms with van der Waals surface area (Å²) in [7, 11) is 0. The van der Waals surface area contributed by atoms with E-state index in [9.17, 15) is 9.59 Å². The first-order valence-corrected chi connectivity index (χ1v) is 9.40. The maximum Gasteiger partial charge on any atom is 0.316 e. The minimum absolute atomic E-state index is 0.0523. The Labute approximate surface area is 169 Å². The Bertz CT molecular complexity index is 973. The van der Waals surface area contributed by atoms with Crippen molar-refractivity contribution in [1.82, 2.24) is 20.8 Å². The molecule has 0 atom stereocenters. The maximum absolute atomic E-state index is 12.2. The van der Waals surface area contributed by atoms with Crippen molar-refractivity contribution in [2.45, 2.75) is 26.2 Å². The van der Waals surface area contributed by atoms with E-state index in [0.717, 1.165) is 5.56 Å². The molecule has 3 rings (SSSR count). The van der Waals surface area contributed by atoms with E-state index in [-0.39, 0.29) is 30.3 Å². The molecule has 0 fully saturated rings. The summed E-state index contributed by atoms with van der Waals surface area (Å²) in [5, 5.41) is 9.26. The lowest BCUT2D eigenvalue weighted by atomic mass is 9.87. The van der Waals surface area contributed by atoms with Gasteiger partial charge in [-0.15, -0.1) is 0 Å². The molecule has 3 aromatic rings. The number of benzene rings is 2. The highest BCUT2D eigenvalue weighted by molar-refractivity contribution is 5.94. The third-order valence-electron chi connectivity index (χ3n) is 4.36. The molecule has 0 unspecified atom stereocenters. The Hall–Kier alpha value is -3.48. The first-order valence-electron chi connectivity index (χ1n) is 9.40. The summed E-state index contributed by atoms with van der Waals surface area (Å²) in [4.78, 5) is 28.3. The number of hydrogen-bond donors (Lipinski definition) is 2. The zero-order chi connectivity index (χ0) is 20.9. The van der Waals surface area contributed by atoms with E-state index in [1.165, 1.54) is 5.56 Å². The van der Waals surface area contributed by atoms with E-state index in [2.05, 4.69) is 41.5 Å². The average Bonchev–Trinajstić information content (AvgIpc) is 3.21. The van der Waals surface area contributed by atoms with Crippen LogP contribution in [0.5, 0.6) is 0 Å². The summed E-state index contributed by atoms with van der Waals surface area (Å²) >= 11 is 0. The van der Waals surface area contributed by atoms with Gasteiger partial charge in [-0.05, 0) is 23.1 Å². The highest BCUT2D eigenvalue weighted by atomic mass is 16.5. The number of hydrogen-bond acceptors (Lipinski definition) is 5. The highest BCUT2D eigenvalue weighted by Crippen LogP contribution is 2.24. The second-order valence-corrected chi connectivity index (χ2v) is 7.63. The maximum atomic E-state index is 12.2. The summed E-state index contributed by atoms with van der Waals surface area (Å²) in [5.41, 5.74) is 2.59. The first kappa shape index (κ1) is 20.3. The van der Waals surface area contributed by atoms with Gasteiger partial charge in [0.1, 0.15) is 0 Å². The lowest BCUT2D eigenvalue weighted by Crippen LogP contribution is -2.34. The molecule has 0 radical (unpaired) electrons. The van der Waals surface area contributed by atoms with E-state index in [0.29, 0.717) is 11.4 Å². The fourth-order valence-electron chi connectivity index (χ4n) is 2.67. The van der Waals surface area contributed by atoms with Gasteiger partial charge in [-0.25, -0.2) is 0 Å². The average molecular weight is 392 g/mol. The smallest absolute Gasteiger partial charge is 0.316 e. The molecular formula is C22H24N4O3. The van der Waals surface area contributed by atoms with Crippen LogP contribution < -0.4 is 10.6 Å². The Morgan fingerprint density at radius 2 is 1.52 bits per heavy atom. The Morgan fingerprint density at radius 3 is 2.14 bits per heavy atom. The van der Waals surface area contributed by atoms with Gasteiger partial charge in [0.25, 0.3) is 5.91 Å². The number of aromatic nitrogens is 2. The lowest BCUT2D eigenvalue weighted by Gasteiger charge is -2.18. The number of nitrogens with one attached hydrogen (secondary N) is 2. The van der Waals surface area contributed by atoms with Crippen LogP contribution in [0, 0.1) is 0 Å². The van der Waals surface area contributed by atoms with Crippen molar-refractivity contribution in [3.8, 4) is 11.4 Å². The van der Waals surface area contributed by atoms with Crippen molar-refractivity contribution < 1.29 is 14.1 Å². The second-order valence-electron chi connectivity index (χ2n) is 7.63. The predicted octanol–water partition coefficient (Wildman–Crippen LogP) is 3.19. The monoisotopic (exact) mass is 392 g/mol. The molecule has 0 saturated carbocycles. The molecule has 2 N–H and O–H groups in total. The number of nitrogens with zero attached hydrogens (tertiary/aromatic N) is 2.